The van der Waals surface area contributed by atoms with Gasteiger partial charge in [0.25, 0.3) is 29.5 Å². The van der Waals surface area contributed by atoms with E-state index >= 15 is 0 Å². The largest absolute Gasteiger partial charge is 0.505 e. The van der Waals surface area contributed by atoms with Gasteiger partial charge in [-0.25, -0.2) is 17.6 Å². The highest BCUT2D eigenvalue weighted by Gasteiger charge is 2.20. The highest BCUT2D eigenvalue weighted by atomic mass is 79.9. The van der Waals surface area contributed by atoms with Gasteiger partial charge in [0.2, 0.25) is 5.89 Å². The van der Waals surface area contributed by atoms with Crippen LogP contribution >= 0.6 is 38.6 Å². The second-order valence-corrected chi connectivity index (χ2v) is 11.1. The Morgan fingerprint density at radius 1 is 0.766 bits per heavy atom. The summed E-state index contributed by atoms with van der Waals surface area (Å²) in [5.41, 5.74) is 7.81. The number of alkyl halides is 1. The minimum atomic E-state index is -1.33. The summed E-state index contributed by atoms with van der Waals surface area (Å²) in [7, 11) is 0. The van der Waals surface area contributed by atoms with E-state index in [1.165, 1.54) is 11.3 Å². The second-order valence-electron chi connectivity index (χ2n) is 8.60. The van der Waals surface area contributed by atoms with Crippen molar-refractivity contribution in [2.45, 2.75) is 11.9 Å². The fraction of sp³-hybridized carbons (Fsp3) is 0.0714. The minimum absolute atomic E-state index is 0.109. The van der Waals surface area contributed by atoms with Gasteiger partial charge in [-0.2, -0.15) is 0 Å². The first kappa shape index (κ1) is 34.7. The van der Waals surface area contributed by atoms with Crippen LogP contribution in [-0.2, 0) is 11.9 Å². The molecule has 12 nitrogen and oxygen atoms in total. The Hall–Kier alpha value is -5.14. The molecule has 5 N–H and O–H groups in total. The summed E-state index contributed by atoms with van der Waals surface area (Å²) in [5, 5.41) is 28.5. The molecule has 0 radical (unpaired) electrons. The molecule has 0 atom stereocenters. The fourth-order valence-electron chi connectivity index (χ4n) is 3.40. The molecule has 0 fully saturated rings. The summed E-state index contributed by atoms with van der Waals surface area (Å²) in [6.07, 6.45) is 0. The predicted octanol–water partition coefficient (Wildman–Crippen LogP) is 6.22. The molecule has 0 saturated heterocycles. The molecule has 0 aliphatic heterocycles. The third-order valence-electron chi connectivity index (χ3n) is 5.48. The molecule has 0 aliphatic rings. The van der Waals surface area contributed by atoms with Crippen LogP contribution in [0.25, 0.3) is 21.5 Å². The summed E-state index contributed by atoms with van der Waals surface area (Å²) in [6.45, 7) is -0.237. The molecule has 6 rings (SSSR count). The van der Waals surface area contributed by atoms with E-state index in [-0.39, 0.29) is 18.2 Å². The molecule has 0 bridgehead atoms. The Labute approximate surface area is 277 Å². The SMILES string of the molecule is BrCc1nnc(-c2cccs2)o1.NC(=O)c1c(F)ccc(O)c1F.NC(=O)c1c(F)ccc(OCc2nnc(-c3cccs3)o2)c1F. The molecule has 0 unspecified atom stereocenters. The quantitative estimate of drug-likeness (QED) is 0.119. The van der Waals surface area contributed by atoms with Gasteiger partial charge in [-0.1, -0.05) is 28.1 Å². The van der Waals surface area contributed by atoms with Gasteiger partial charge in [-0.05, 0) is 47.2 Å². The molecule has 0 saturated carbocycles. The maximum atomic E-state index is 14.0. The number of aromatic hydroxyl groups is 1. The number of thiophene rings is 2. The Morgan fingerprint density at radius 3 is 1.74 bits per heavy atom. The monoisotopic (exact) mass is 754 g/mol. The Kier molecular flexibility index (Phi) is 11.8. The summed E-state index contributed by atoms with van der Waals surface area (Å²) >= 11 is 6.25. The van der Waals surface area contributed by atoms with Gasteiger partial charge in [0, 0.05) is 0 Å². The van der Waals surface area contributed by atoms with Gasteiger partial charge in [-0.3, -0.25) is 9.59 Å². The number of nitrogens with zero attached hydrogens (tertiary/aromatic N) is 4. The zero-order valence-corrected chi connectivity index (χ0v) is 26.5. The van der Waals surface area contributed by atoms with Crippen LogP contribution < -0.4 is 16.2 Å². The van der Waals surface area contributed by atoms with Crippen molar-refractivity contribution in [3.05, 3.63) is 105 Å². The number of phenolic OH excluding ortho intramolecular Hbond substituents is 1. The Bertz CT molecular complexity index is 1970. The van der Waals surface area contributed by atoms with Gasteiger partial charge < -0.3 is 30.1 Å². The first-order valence-electron chi connectivity index (χ1n) is 12.7. The molecule has 4 aromatic heterocycles. The number of hydrogen-bond donors (Lipinski definition) is 3. The summed E-state index contributed by atoms with van der Waals surface area (Å²) in [5.74, 6) is -6.62. The lowest BCUT2D eigenvalue weighted by molar-refractivity contribution is 0.0982. The fourth-order valence-corrected chi connectivity index (χ4v) is 4.91. The number of hydrogen-bond acceptors (Lipinski definition) is 12. The van der Waals surface area contributed by atoms with Crippen molar-refractivity contribution in [1.29, 1.82) is 0 Å². The molecule has 19 heteroatoms. The lowest BCUT2D eigenvalue weighted by Crippen LogP contribution is -2.16. The van der Waals surface area contributed by atoms with E-state index in [1.54, 1.807) is 11.3 Å². The highest BCUT2D eigenvalue weighted by molar-refractivity contribution is 9.08. The van der Waals surface area contributed by atoms with Gasteiger partial charge in [0.15, 0.2) is 29.7 Å². The van der Waals surface area contributed by atoms with Gasteiger partial charge in [0.1, 0.15) is 22.8 Å². The lowest BCUT2D eigenvalue weighted by atomic mass is 10.2. The number of primary amides is 2. The van der Waals surface area contributed by atoms with E-state index in [0.717, 1.165) is 34.0 Å². The second kappa shape index (κ2) is 15.9. The van der Waals surface area contributed by atoms with Crippen LogP contribution in [0.1, 0.15) is 32.5 Å². The smallest absolute Gasteiger partial charge is 0.257 e. The van der Waals surface area contributed by atoms with Crippen LogP contribution in [0.3, 0.4) is 0 Å². The van der Waals surface area contributed by atoms with Crippen molar-refractivity contribution < 1.29 is 45.8 Å². The first-order valence-corrected chi connectivity index (χ1v) is 15.5. The molecule has 0 aliphatic carbocycles. The number of halogens is 5. The number of rotatable bonds is 8. The highest BCUT2D eigenvalue weighted by Crippen LogP contribution is 2.26. The van der Waals surface area contributed by atoms with Crippen molar-refractivity contribution in [2.75, 3.05) is 0 Å². The van der Waals surface area contributed by atoms with E-state index in [2.05, 4.69) is 42.1 Å². The van der Waals surface area contributed by atoms with Crippen LogP contribution in [0.4, 0.5) is 17.6 Å². The molecule has 6 aromatic rings. The van der Waals surface area contributed by atoms with Crippen LogP contribution in [0.5, 0.6) is 11.5 Å². The molecule has 2 aromatic carbocycles. The molecule has 0 spiro atoms. The number of aromatic nitrogens is 4. The number of amides is 2. The van der Waals surface area contributed by atoms with Crippen molar-refractivity contribution in [2.24, 2.45) is 11.5 Å². The number of carbonyl (C=O) groups is 2. The molecular weight excluding hydrogens is 736 g/mol. The average Bonchev–Trinajstić information content (AvgIpc) is 3.86. The third-order valence-corrected chi connectivity index (χ3v) is 7.68. The first-order chi connectivity index (χ1) is 22.5. The average molecular weight is 756 g/mol. The van der Waals surface area contributed by atoms with E-state index in [4.69, 9.17) is 24.4 Å². The molecule has 4 heterocycles. The van der Waals surface area contributed by atoms with Crippen LogP contribution in [0, 0.1) is 23.3 Å². The number of ether oxygens (including phenoxy) is 1. The van der Waals surface area contributed by atoms with Crippen LogP contribution in [0.2, 0.25) is 0 Å². The summed E-state index contributed by atoms with van der Waals surface area (Å²) in [6, 6.07) is 11.1. The zero-order valence-electron chi connectivity index (χ0n) is 23.3. The van der Waals surface area contributed by atoms with E-state index in [1.807, 2.05) is 35.0 Å². The van der Waals surface area contributed by atoms with E-state index in [9.17, 15) is 27.2 Å². The van der Waals surface area contributed by atoms with Gasteiger partial charge >= 0.3 is 0 Å². The molecule has 2 amide bonds. The normalized spacial score (nSPS) is 10.4. The maximum absolute atomic E-state index is 14.0. The van der Waals surface area contributed by atoms with Crippen molar-refractivity contribution in [3.8, 4) is 33.0 Å². The maximum Gasteiger partial charge on any atom is 0.257 e. The minimum Gasteiger partial charge on any atom is -0.505 e. The molecule has 47 heavy (non-hydrogen) atoms. The predicted molar refractivity (Wildman–Crippen MR) is 164 cm³/mol. The van der Waals surface area contributed by atoms with Crippen LogP contribution in [-0.4, -0.2) is 37.3 Å². The van der Waals surface area contributed by atoms with E-state index in [0.29, 0.717) is 23.0 Å². The number of nitrogens with two attached hydrogens (primary N) is 2. The number of benzene rings is 2. The number of carbonyl (C=O) groups excluding carboxylic acids is 2. The van der Waals surface area contributed by atoms with Gasteiger partial charge in [0.05, 0.1) is 15.1 Å². The topological polar surface area (TPSA) is 193 Å². The van der Waals surface area contributed by atoms with Crippen molar-refractivity contribution >= 4 is 50.4 Å². The van der Waals surface area contributed by atoms with Gasteiger partial charge in [-0.15, -0.1) is 43.1 Å². The Balaban J connectivity index is 0.000000176. The zero-order chi connectivity index (χ0) is 34.1. The standard InChI is InChI=1S/C14H9F2N3O3S.C7H5BrN2OS.C7H5F2NO2/c15-7-3-4-8(12(16)11(7)13(17)20)21-6-10-18-19-14(22-10)9-2-1-5-23-9;8-4-6-9-10-7(11-6)5-2-1-3-12-5;8-3-1-2-4(11)6(9)5(3)7(10)12/h1-5H,6H2,(H2,17,20);1-3H,4H2;1-2,11H,(H2,10,12). The van der Waals surface area contributed by atoms with E-state index < -0.39 is 52.0 Å². The lowest BCUT2D eigenvalue weighted by Gasteiger charge is -2.07. The molecular formula is C28H19BrF4N6O6S2. The summed E-state index contributed by atoms with van der Waals surface area (Å²) < 4.78 is 68.5. The number of phenols is 1. The Morgan fingerprint density at radius 2 is 1.28 bits per heavy atom. The third kappa shape index (κ3) is 8.77. The van der Waals surface area contributed by atoms with Crippen molar-refractivity contribution in [1.82, 2.24) is 20.4 Å². The summed E-state index contributed by atoms with van der Waals surface area (Å²) in [4.78, 5) is 23.3. The molecule has 244 valence electrons. The van der Waals surface area contributed by atoms with Crippen LogP contribution in [0.15, 0.2) is 68.1 Å². The van der Waals surface area contributed by atoms with Crippen molar-refractivity contribution in [3.63, 3.8) is 0 Å².